The van der Waals surface area contributed by atoms with Crippen LogP contribution in [-0.2, 0) is 49.6 Å². The van der Waals surface area contributed by atoms with E-state index in [2.05, 4.69) is 26.6 Å². The van der Waals surface area contributed by atoms with Gasteiger partial charge in [0.25, 0.3) is 0 Å². The van der Waals surface area contributed by atoms with Crippen molar-refractivity contribution in [3.05, 3.63) is 65.7 Å². The molecule has 448 valence electrons. The van der Waals surface area contributed by atoms with Crippen molar-refractivity contribution < 1.29 is 57.7 Å². The van der Waals surface area contributed by atoms with Crippen LogP contribution in [0.4, 0.5) is 15.3 Å². The molecule has 1 fully saturated rings. The summed E-state index contributed by atoms with van der Waals surface area (Å²) in [5.74, 6) is -4.32. The number of hydrogen-bond acceptors (Lipinski definition) is 13. The number of hydrogen-bond donors (Lipinski definition) is 8. The van der Waals surface area contributed by atoms with E-state index in [0.717, 1.165) is 0 Å². The molecule has 0 bridgehead atoms. The first kappa shape index (κ1) is 67.9. The number of primary amides is 1. The molecule has 1 heterocycles. The number of urea groups is 1. The van der Waals surface area contributed by atoms with Crippen molar-refractivity contribution in [3.63, 3.8) is 0 Å². The van der Waals surface area contributed by atoms with Crippen molar-refractivity contribution in [1.82, 2.24) is 36.0 Å². The maximum Gasteiger partial charge on any atom is 0.410 e. The van der Waals surface area contributed by atoms with Crippen molar-refractivity contribution in [1.29, 1.82) is 0 Å². The molecule has 22 heteroatoms. The third-order valence-electron chi connectivity index (χ3n) is 15.3. The van der Waals surface area contributed by atoms with Gasteiger partial charge in [0.1, 0.15) is 24.7 Å². The van der Waals surface area contributed by atoms with Gasteiger partial charge in [-0.2, -0.15) is 0 Å². The molecule has 10 N–H and O–H groups in total. The van der Waals surface area contributed by atoms with Gasteiger partial charge in [0, 0.05) is 47.1 Å². The van der Waals surface area contributed by atoms with Crippen molar-refractivity contribution in [3.8, 4) is 0 Å². The zero-order valence-corrected chi connectivity index (χ0v) is 49.7. The van der Waals surface area contributed by atoms with Gasteiger partial charge in [0.15, 0.2) is 0 Å². The number of nitrogens with zero attached hydrogens (tertiary/aromatic N) is 3. The Balaban J connectivity index is 1.70. The average molecular weight is 1120 g/mol. The summed E-state index contributed by atoms with van der Waals surface area (Å²) in [7, 11) is 6.12. The van der Waals surface area contributed by atoms with Crippen LogP contribution in [-0.4, -0.2) is 163 Å². The van der Waals surface area contributed by atoms with Crippen LogP contribution in [0.15, 0.2) is 54.6 Å². The highest BCUT2D eigenvalue weighted by atomic mass is 16.6. The van der Waals surface area contributed by atoms with E-state index in [9.17, 15) is 43.5 Å². The second kappa shape index (κ2) is 32.8. The van der Waals surface area contributed by atoms with Crippen molar-refractivity contribution in [2.24, 2.45) is 41.1 Å². The van der Waals surface area contributed by atoms with Gasteiger partial charge in [-0.3, -0.25) is 33.7 Å². The Morgan fingerprint density at radius 2 is 1.41 bits per heavy atom. The highest BCUT2D eigenvalue weighted by Crippen LogP contribution is 2.30. The number of anilines is 1. The van der Waals surface area contributed by atoms with Crippen molar-refractivity contribution >= 4 is 53.3 Å². The summed E-state index contributed by atoms with van der Waals surface area (Å²) in [6, 6.07) is 9.37. The summed E-state index contributed by atoms with van der Waals surface area (Å²) >= 11 is 0. The van der Waals surface area contributed by atoms with Crippen LogP contribution in [0.25, 0.3) is 0 Å². The minimum absolute atomic E-state index is 0.0747. The fourth-order valence-electron chi connectivity index (χ4n) is 10.2. The predicted molar refractivity (Wildman–Crippen MR) is 305 cm³/mol. The predicted octanol–water partition coefficient (Wildman–Crippen LogP) is 4.43. The first-order valence-electron chi connectivity index (χ1n) is 28.0. The normalized spacial score (nSPS) is 17.6. The molecule has 1 aliphatic heterocycles. The van der Waals surface area contributed by atoms with E-state index >= 15 is 0 Å². The maximum absolute atomic E-state index is 14.7. The van der Waals surface area contributed by atoms with E-state index in [4.69, 9.17) is 25.7 Å². The van der Waals surface area contributed by atoms with Crippen molar-refractivity contribution in [2.75, 3.05) is 46.7 Å². The summed E-state index contributed by atoms with van der Waals surface area (Å²) in [6.07, 6.45) is -0.736. The fraction of sp³-hybridized carbons (Fsp3) is 0.655. The molecule has 9 amide bonds. The van der Waals surface area contributed by atoms with Crippen LogP contribution in [0.2, 0.25) is 0 Å². The number of aliphatic hydroxyl groups excluding tert-OH is 1. The smallest absolute Gasteiger partial charge is 0.410 e. The number of nitrogens with one attached hydrogen (secondary N) is 5. The van der Waals surface area contributed by atoms with Crippen LogP contribution in [0.1, 0.15) is 125 Å². The molecule has 1 saturated heterocycles. The quantitative estimate of drug-likeness (QED) is 0.0485. The van der Waals surface area contributed by atoms with Gasteiger partial charge in [0.05, 0.1) is 54.8 Å². The largest absolute Gasteiger partial charge is 0.445 e. The highest BCUT2D eigenvalue weighted by Gasteiger charge is 2.44. The summed E-state index contributed by atoms with van der Waals surface area (Å²) < 4.78 is 17.7. The molecule has 0 radical (unpaired) electrons. The van der Waals surface area contributed by atoms with E-state index in [0.29, 0.717) is 49.0 Å². The number of aliphatic hydroxyl groups is 1. The lowest BCUT2D eigenvalue weighted by Gasteiger charge is -2.41. The number of likely N-dealkylation sites (tertiary alicyclic amines) is 1. The second-order valence-electron chi connectivity index (χ2n) is 22.3. The molecule has 0 spiro atoms. The molecule has 6 unspecified atom stereocenters. The number of rotatable bonds is 31. The SMILES string of the molecule is CCC(C)[C@@H]([C@@H](CC(=O)N1CCC[C@H]1[C@H](OC)[C@@H](C)C(=O)NC(C)[C@@H](O)c1ccccc1)OC)N(C)C(=O)C(NC(=O)C(C(C)C)N(C)C(=O)OCc1ccc(NC(=O)C(CCCNC(N)=O)NC(=O)C(N)C(C)C)cc1)C(C)C. The van der Waals surface area contributed by atoms with Gasteiger partial charge < -0.3 is 67.2 Å². The lowest BCUT2D eigenvalue weighted by Crippen LogP contribution is -2.60. The van der Waals surface area contributed by atoms with E-state index in [1.165, 1.54) is 26.2 Å². The molecule has 22 nitrogen and oxygen atoms in total. The zero-order valence-electron chi connectivity index (χ0n) is 49.7. The van der Waals surface area contributed by atoms with E-state index in [1.807, 2.05) is 45.9 Å². The van der Waals surface area contributed by atoms with Gasteiger partial charge in [-0.15, -0.1) is 0 Å². The molecule has 0 saturated carbocycles. The molecule has 1 aliphatic rings. The first-order chi connectivity index (χ1) is 37.7. The van der Waals surface area contributed by atoms with Crippen LogP contribution in [0.5, 0.6) is 0 Å². The Labute approximate surface area is 473 Å². The number of likely N-dealkylation sites (N-methyl/N-ethyl adjacent to an activating group) is 2. The number of nitrogens with two attached hydrogens (primary N) is 2. The Bertz CT molecular complexity index is 2320. The van der Waals surface area contributed by atoms with Gasteiger partial charge in [-0.1, -0.05) is 111 Å². The molecule has 0 aliphatic carbocycles. The third-order valence-corrected chi connectivity index (χ3v) is 15.3. The summed E-state index contributed by atoms with van der Waals surface area (Å²) in [6.45, 7) is 18.7. The van der Waals surface area contributed by atoms with Gasteiger partial charge in [-0.25, -0.2) is 9.59 Å². The first-order valence-corrected chi connectivity index (χ1v) is 28.0. The molecular formula is C58H94N10O12. The Morgan fingerprint density at radius 1 is 0.775 bits per heavy atom. The second-order valence-corrected chi connectivity index (χ2v) is 22.3. The lowest BCUT2D eigenvalue weighted by molar-refractivity contribution is -0.148. The molecule has 12 atom stereocenters. The molecule has 2 aromatic carbocycles. The van der Waals surface area contributed by atoms with Crippen LogP contribution >= 0.6 is 0 Å². The van der Waals surface area contributed by atoms with Gasteiger partial charge >= 0.3 is 12.1 Å². The minimum atomic E-state index is -1.05. The molecule has 2 aromatic rings. The highest BCUT2D eigenvalue weighted by molar-refractivity contribution is 5.98. The summed E-state index contributed by atoms with van der Waals surface area (Å²) in [4.78, 5) is 112. The standard InChI is InChI=1S/C58H94N10O12/c1-15-36(8)49(44(78-13)31-45(69)68-30-20-24-43(68)51(79-14)37(9)52(71)62-38(10)50(70)40-21-17-16-18-22-40)66(11)56(75)47(34(4)5)65-55(74)48(35(6)7)67(12)58(77)80-32-39-25-27-41(28-26-39)63-53(72)42(23-19-29-61-57(60)76)64-54(73)46(59)33(2)3/h16-18,21-22,25-28,33-38,42-44,46-51,70H,15,19-20,23-24,29-32,59H2,1-14H3,(H,62,71)(H,63,72)(H,64,73)(H,65,74)(H3,60,61,76)/t36?,37-,38?,42?,43+,44-,46?,47?,48?,49+,50-,51-/m1/s1. The lowest BCUT2D eigenvalue weighted by atomic mass is 9.89. The van der Waals surface area contributed by atoms with Crippen molar-refractivity contribution in [2.45, 2.75) is 175 Å². The van der Waals surface area contributed by atoms with Gasteiger partial charge in [0.2, 0.25) is 35.4 Å². The third kappa shape index (κ3) is 19.4. The average Bonchev–Trinajstić information content (AvgIpc) is 3.91. The van der Waals surface area contributed by atoms with E-state index in [1.54, 1.807) is 94.8 Å². The number of carbonyl (C=O) groups excluding carboxylic acids is 8. The number of benzene rings is 2. The van der Waals surface area contributed by atoms with Gasteiger partial charge in [-0.05, 0) is 79.5 Å². The molecule has 0 aromatic heterocycles. The molecular weight excluding hydrogens is 1030 g/mol. The fourth-order valence-corrected chi connectivity index (χ4v) is 10.2. The number of amides is 9. The monoisotopic (exact) mass is 1120 g/mol. The zero-order chi connectivity index (χ0) is 60.1. The summed E-state index contributed by atoms with van der Waals surface area (Å²) in [5.41, 5.74) is 12.8. The number of ether oxygens (including phenoxy) is 3. The minimum Gasteiger partial charge on any atom is -0.445 e. The van der Waals surface area contributed by atoms with E-state index < -0.39 is 114 Å². The van der Waals surface area contributed by atoms with E-state index in [-0.39, 0.29) is 49.6 Å². The Kier molecular flexibility index (Phi) is 27.8. The topological polar surface area (TPSA) is 306 Å². The molecule has 3 rings (SSSR count). The Morgan fingerprint density at radius 3 is 1.96 bits per heavy atom. The van der Waals surface area contributed by atoms with Crippen LogP contribution in [0, 0.1) is 29.6 Å². The van der Waals surface area contributed by atoms with Crippen LogP contribution < -0.4 is 38.1 Å². The number of methoxy groups -OCH3 is 2. The number of carbonyl (C=O) groups is 8. The Hall–Kier alpha value is -6.36. The summed E-state index contributed by atoms with van der Waals surface area (Å²) in [5, 5.41) is 24.8. The van der Waals surface area contributed by atoms with Crippen LogP contribution in [0.3, 0.4) is 0 Å². The molecule has 80 heavy (non-hydrogen) atoms. The maximum atomic E-state index is 14.7.